The van der Waals surface area contributed by atoms with Crippen molar-refractivity contribution in [3.05, 3.63) is 65.2 Å². The lowest BCUT2D eigenvalue weighted by Crippen LogP contribution is -2.30. The van der Waals surface area contributed by atoms with Gasteiger partial charge in [-0.15, -0.1) is 0 Å². The Morgan fingerprint density at radius 1 is 0.900 bits per heavy atom. The average Bonchev–Trinajstić information content (AvgIpc) is 2.98. The van der Waals surface area contributed by atoms with Crippen LogP contribution in [0, 0.1) is 6.92 Å². The molecule has 0 aromatic heterocycles. The molecule has 7 heteroatoms. The van der Waals surface area contributed by atoms with Crippen molar-refractivity contribution >= 4 is 29.4 Å². The van der Waals surface area contributed by atoms with Gasteiger partial charge in [0, 0.05) is 18.7 Å². The molecular weight excluding hydrogens is 384 g/mol. The number of esters is 1. The minimum atomic E-state index is -0.449. The molecule has 0 saturated heterocycles. The van der Waals surface area contributed by atoms with Crippen molar-refractivity contribution in [3.8, 4) is 0 Å². The third-order valence-electron chi connectivity index (χ3n) is 4.84. The van der Waals surface area contributed by atoms with Gasteiger partial charge in [0.25, 0.3) is 17.7 Å². The minimum absolute atomic E-state index is 0.180. The summed E-state index contributed by atoms with van der Waals surface area (Å²) in [5.74, 6) is -1.38. The van der Waals surface area contributed by atoms with E-state index in [0.717, 1.165) is 5.56 Å². The van der Waals surface area contributed by atoms with E-state index in [-0.39, 0.29) is 24.8 Å². The Balaban J connectivity index is 1.30. The van der Waals surface area contributed by atoms with Gasteiger partial charge >= 0.3 is 5.97 Å². The molecule has 1 aliphatic heterocycles. The summed E-state index contributed by atoms with van der Waals surface area (Å²) >= 11 is 0. The second-order valence-corrected chi connectivity index (χ2v) is 7.19. The largest absolute Gasteiger partial charge is 0.456 e. The molecule has 1 aliphatic rings. The summed E-state index contributed by atoms with van der Waals surface area (Å²) in [6.07, 6.45) is 2.01. The van der Waals surface area contributed by atoms with Crippen molar-refractivity contribution in [2.45, 2.75) is 32.6 Å². The number of nitrogens with one attached hydrogen (secondary N) is 1. The highest BCUT2D eigenvalue weighted by Crippen LogP contribution is 2.22. The van der Waals surface area contributed by atoms with Crippen LogP contribution in [-0.2, 0) is 14.3 Å². The fourth-order valence-corrected chi connectivity index (χ4v) is 3.21. The number of rotatable bonds is 9. The Hall–Kier alpha value is -3.48. The number of carbonyl (C=O) groups is 4. The molecule has 0 fully saturated rings. The van der Waals surface area contributed by atoms with Gasteiger partial charge in [-0.05, 0) is 44.0 Å². The van der Waals surface area contributed by atoms with Crippen molar-refractivity contribution in [1.29, 1.82) is 0 Å². The van der Waals surface area contributed by atoms with Gasteiger partial charge in [0.15, 0.2) is 6.61 Å². The number of benzene rings is 2. The SMILES string of the molecule is Cc1ccc(NC(=O)COC(=O)CCCCCN2C(=O)c3ccccc3C2=O)cc1. The predicted molar refractivity (Wildman–Crippen MR) is 111 cm³/mol. The highest BCUT2D eigenvalue weighted by molar-refractivity contribution is 6.21. The Kier molecular flexibility index (Phi) is 6.95. The van der Waals surface area contributed by atoms with E-state index in [1.54, 1.807) is 36.4 Å². The Morgan fingerprint density at radius 2 is 1.53 bits per heavy atom. The van der Waals surface area contributed by atoms with E-state index in [1.165, 1.54) is 4.90 Å². The van der Waals surface area contributed by atoms with E-state index >= 15 is 0 Å². The highest BCUT2D eigenvalue weighted by Gasteiger charge is 2.34. The fraction of sp³-hybridized carbons (Fsp3) is 0.304. The normalized spacial score (nSPS) is 12.6. The molecular formula is C23H24N2O5. The lowest BCUT2D eigenvalue weighted by atomic mass is 10.1. The third kappa shape index (κ3) is 5.31. The maximum absolute atomic E-state index is 12.3. The molecule has 1 N–H and O–H groups in total. The van der Waals surface area contributed by atoms with Crippen LogP contribution in [0.2, 0.25) is 0 Å². The average molecular weight is 408 g/mol. The maximum atomic E-state index is 12.3. The fourth-order valence-electron chi connectivity index (χ4n) is 3.21. The lowest BCUT2D eigenvalue weighted by molar-refractivity contribution is -0.147. The summed E-state index contributed by atoms with van der Waals surface area (Å²) in [7, 11) is 0. The highest BCUT2D eigenvalue weighted by atomic mass is 16.5. The van der Waals surface area contributed by atoms with Gasteiger partial charge in [-0.25, -0.2) is 0 Å². The monoisotopic (exact) mass is 408 g/mol. The van der Waals surface area contributed by atoms with Crippen LogP contribution in [-0.4, -0.2) is 41.7 Å². The zero-order valence-electron chi connectivity index (χ0n) is 16.8. The zero-order chi connectivity index (χ0) is 21.5. The molecule has 0 unspecified atom stereocenters. The van der Waals surface area contributed by atoms with Gasteiger partial charge in [-0.2, -0.15) is 0 Å². The van der Waals surface area contributed by atoms with Gasteiger partial charge in [-0.3, -0.25) is 24.1 Å². The van der Waals surface area contributed by atoms with Crippen LogP contribution in [0.15, 0.2) is 48.5 Å². The molecule has 0 radical (unpaired) electrons. The standard InChI is InChI=1S/C23H24N2O5/c1-16-10-12-17(13-11-16)24-20(26)15-30-21(27)9-3-2-6-14-25-22(28)18-7-4-5-8-19(18)23(25)29/h4-5,7-8,10-13H,2-3,6,9,14-15H2,1H3,(H,24,26). The Labute approximate surface area is 175 Å². The summed E-state index contributed by atoms with van der Waals surface area (Å²) in [5, 5.41) is 2.66. The van der Waals surface area contributed by atoms with Crippen LogP contribution in [0.4, 0.5) is 5.69 Å². The second-order valence-electron chi connectivity index (χ2n) is 7.19. The van der Waals surface area contributed by atoms with Crippen molar-refractivity contribution in [1.82, 2.24) is 4.90 Å². The predicted octanol–water partition coefficient (Wildman–Crippen LogP) is 3.33. The molecule has 2 aromatic carbocycles. The van der Waals surface area contributed by atoms with Crippen molar-refractivity contribution in [3.63, 3.8) is 0 Å². The van der Waals surface area contributed by atoms with E-state index in [2.05, 4.69) is 5.32 Å². The van der Waals surface area contributed by atoms with Crippen LogP contribution >= 0.6 is 0 Å². The van der Waals surface area contributed by atoms with Crippen LogP contribution < -0.4 is 5.32 Å². The summed E-state index contributed by atoms with van der Waals surface area (Å²) < 4.78 is 4.99. The summed E-state index contributed by atoms with van der Waals surface area (Å²) in [6, 6.07) is 14.1. The van der Waals surface area contributed by atoms with Crippen LogP contribution in [0.3, 0.4) is 0 Å². The molecule has 156 valence electrons. The molecule has 7 nitrogen and oxygen atoms in total. The Morgan fingerprint density at radius 3 is 2.17 bits per heavy atom. The zero-order valence-corrected chi connectivity index (χ0v) is 16.8. The van der Waals surface area contributed by atoms with E-state index in [0.29, 0.717) is 42.6 Å². The molecule has 0 spiro atoms. The van der Waals surface area contributed by atoms with Gasteiger partial charge in [0.2, 0.25) is 0 Å². The molecule has 3 rings (SSSR count). The molecule has 0 saturated carbocycles. The number of ether oxygens (including phenoxy) is 1. The van der Waals surface area contributed by atoms with E-state index in [1.807, 2.05) is 19.1 Å². The molecule has 0 aliphatic carbocycles. The number of nitrogens with zero attached hydrogens (tertiary/aromatic N) is 1. The smallest absolute Gasteiger partial charge is 0.306 e. The number of carbonyl (C=O) groups excluding carboxylic acids is 4. The number of hydrogen-bond donors (Lipinski definition) is 1. The minimum Gasteiger partial charge on any atom is -0.456 e. The molecule has 0 atom stereocenters. The number of imide groups is 1. The maximum Gasteiger partial charge on any atom is 0.306 e. The first-order valence-electron chi connectivity index (χ1n) is 9.93. The van der Waals surface area contributed by atoms with Gasteiger partial charge in [0.1, 0.15) is 0 Å². The molecule has 0 bridgehead atoms. The number of anilines is 1. The molecule has 3 amide bonds. The first kappa shape index (κ1) is 21.2. The van der Waals surface area contributed by atoms with E-state index in [9.17, 15) is 19.2 Å². The number of hydrogen-bond acceptors (Lipinski definition) is 5. The van der Waals surface area contributed by atoms with Crippen molar-refractivity contribution in [2.75, 3.05) is 18.5 Å². The third-order valence-corrected chi connectivity index (χ3v) is 4.84. The summed E-state index contributed by atoms with van der Waals surface area (Å²) in [6.45, 7) is 1.94. The number of fused-ring (bicyclic) bond motifs is 1. The quantitative estimate of drug-likeness (QED) is 0.390. The van der Waals surface area contributed by atoms with Gasteiger partial charge in [-0.1, -0.05) is 36.2 Å². The van der Waals surface area contributed by atoms with Gasteiger partial charge in [0.05, 0.1) is 11.1 Å². The van der Waals surface area contributed by atoms with E-state index < -0.39 is 11.9 Å². The van der Waals surface area contributed by atoms with Crippen LogP contribution in [0.5, 0.6) is 0 Å². The number of amides is 3. The van der Waals surface area contributed by atoms with Gasteiger partial charge < -0.3 is 10.1 Å². The first-order chi connectivity index (χ1) is 14.5. The molecule has 30 heavy (non-hydrogen) atoms. The topological polar surface area (TPSA) is 92.8 Å². The second kappa shape index (κ2) is 9.82. The summed E-state index contributed by atoms with van der Waals surface area (Å²) in [5.41, 5.74) is 2.61. The van der Waals surface area contributed by atoms with Crippen LogP contribution in [0.25, 0.3) is 0 Å². The van der Waals surface area contributed by atoms with Crippen LogP contribution in [0.1, 0.15) is 52.0 Å². The molecule has 1 heterocycles. The van der Waals surface area contributed by atoms with Crippen molar-refractivity contribution in [2.24, 2.45) is 0 Å². The number of aryl methyl sites for hydroxylation is 1. The molecule has 2 aromatic rings. The van der Waals surface area contributed by atoms with Crippen molar-refractivity contribution < 1.29 is 23.9 Å². The Bertz CT molecular complexity index is 917. The summed E-state index contributed by atoms with van der Waals surface area (Å²) in [4.78, 5) is 49.4. The number of unbranched alkanes of at least 4 members (excludes halogenated alkanes) is 2. The lowest BCUT2D eigenvalue weighted by Gasteiger charge is -2.13. The first-order valence-corrected chi connectivity index (χ1v) is 9.93. The van der Waals surface area contributed by atoms with E-state index in [4.69, 9.17) is 4.74 Å².